The number of aryl methyl sites for hydroxylation is 1. The predicted octanol–water partition coefficient (Wildman–Crippen LogP) is 1.78. The molecule has 0 bridgehead atoms. The second-order valence-corrected chi connectivity index (χ2v) is 3.85. The van der Waals surface area contributed by atoms with Crippen LogP contribution >= 0.6 is 11.9 Å². The lowest BCUT2D eigenvalue weighted by molar-refractivity contribution is 0.0770. The van der Waals surface area contributed by atoms with E-state index in [-0.39, 0.29) is 0 Å². The lowest BCUT2D eigenvalue weighted by Crippen LogP contribution is -2.15. The van der Waals surface area contributed by atoms with Crippen LogP contribution in [0.25, 0.3) is 0 Å². The van der Waals surface area contributed by atoms with E-state index in [9.17, 15) is 5.11 Å². The van der Waals surface area contributed by atoms with Crippen LogP contribution < -0.4 is 5.14 Å². The molecule has 0 saturated carbocycles. The fraction of sp³-hybridized carbons (Fsp3) is 0.500. The van der Waals surface area contributed by atoms with E-state index in [0.29, 0.717) is 5.09 Å². The van der Waals surface area contributed by atoms with Gasteiger partial charge in [-0.05, 0) is 38.8 Å². The second kappa shape index (κ2) is 3.12. The van der Waals surface area contributed by atoms with E-state index >= 15 is 0 Å². The van der Waals surface area contributed by atoms with Gasteiger partial charge in [0.2, 0.25) is 0 Å². The maximum Gasteiger partial charge on any atom is 0.175 e. The molecule has 4 heteroatoms. The van der Waals surface area contributed by atoms with Gasteiger partial charge in [0.1, 0.15) is 5.76 Å². The Morgan fingerprint density at radius 3 is 2.42 bits per heavy atom. The van der Waals surface area contributed by atoms with Crippen LogP contribution in [0.1, 0.15) is 25.2 Å². The highest BCUT2D eigenvalue weighted by molar-refractivity contribution is 7.96. The maximum absolute atomic E-state index is 9.67. The minimum Gasteiger partial charge on any atom is -0.453 e. The lowest BCUT2D eigenvalue weighted by atomic mass is 10.00. The van der Waals surface area contributed by atoms with E-state index in [4.69, 9.17) is 9.56 Å². The summed E-state index contributed by atoms with van der Waals surface area (Å²) in [6, 6.07) is 1.76. The molecule has 0 spiro atoms. The van der Waals surface area contributed by atoms with Gasteiger partial charge in [-0.1, -0.05) is 0 Å². The predicted molar refractivity (Wildman–Crippen MR) is 48.7 cm³/mol. The normalized spacial score (nSPS) is 12.1. The van der Waals surface area contributed by atoms with Crippen molar-refractivity contribution in [2.24, 2.45) is 5.14 Å². The molecule has 1 aromatic rings. The molecule has 68 valence electrons. The Labute approximate surface area is 76.1 Å². The molecule has 1 rings (SSSR count). The average molecular weight is 187 g/mol. The zero-order chi connectivity index (χ0) is 9.35. The van der Waals surface area contributed by atoms with Crippen LogP contribution in [0.2, 0.25) is 0 Å². The van der Waals surface area contributed by atoms with Crippen molar-refractivity contribution in [1.82, 2.24) is 0 Å². The summed E-state index contributed by atoms with van der Waals surface area (Å²) in [6.45, 7) is 5.25. The van der Waals surface area contributed by atoms with Crippen molar-refractivity contribution in [3.63, 3.8) is 0 Å². The van der Waals surface area contributed by atoms with Crippen LogP contribution in [-0.4, -0.2) is 5.11 Å². The molecular formula is C8H13NO2S. The fourth-order valence-electron chi connectivity index (χ4n) is 1.12. The molecule has 12 heavy (non-hydrogen) atoms. The van der Waals surface area contributed by atoms with Gasteiger partial charge in [-0.15, -0.1) is 0 Å². The number of aliphatic hydroxyl groups is 1. The molecule has 0 aliphatic rings. The van der Waals surface area contributed by atoms with Gasteiger partial charge >= 0.3 is 0 Å². The van der Waals surface area contributed by atoms with E-state index in [1.807, 2.05) is 6.92 Å². The standard InChI is InChI=1S/C8H13NO2S/c1-5-6(8(2,3)10)4-7(11-5)12-9/h4,10H,9H2,1-3H3. The summed E-state index contributed by atoms with van der Waals surface area (Å²) in [5, 5.41) is 15.6. The summed E-state index contributed by atoms with van der Waals surface area (Å²) in [4.78, 5) is 0. The van der Waals surface area contributed by atoms with Gasteiger partial charge in [0.25, 0.3) is 0 Å². The monoisotopic (exact) mass is 187 g/mol. The number of hydrogen-bond donors (Lipinski definition) is 2. The Hall–Kier alpha value is -0.450. The molecular weight excluding hydrogens is 174 g/mol. The van der Waals surface area contributed by atoms with Crippen LogP contribution in [0.3, 0.4) is 0 Å². The van der Waals surface area contributed by atoms with Gasteiger partial charge in [-0.3, -0.25) is 5.14 Å². The van der Waals surface area contributed by atoms with Crippen molar-refractivity contribution >= 4 is 11.9 Å². The topological polar surface area (TPSA) is 59.4 Å². The van der Waals surface area contributed by atoms with E-state index in [2.05, 4.69) is 0 Å². The molecule has 0 unspecified atom stereocenters. The van der Waals surface area contributed by atoms with Crippen LogP contribution in [-0.2, 0) is 5.60 Å². The molecule has 3 N–H and O–H groups in total. The minimum absolute atomic E-state index is 0.629. The Balaban J connectivity index is 3.08. The van der Waals surface area contributed by atoms with Crippen LogP contribution in [0, 0.1) is 6.92 Å². The second-order valence-electron chi connectivity index (χ2n) is 3.21. The Morgan fingerprint density at radius 2 is 2.17 bits per heavy atom. The highest BCUT2D eigenvalue weighted by atomic mass is 32.2. The molecule has 0 aliphatic heterocycles. The summed E-state index contributed by atoms with van der Waals surface area (Å²) in [6.07, 6.45) is 0. The van der Waals surface area contributed by atoms with Gasteiger partial charge < -0.3 is 9.52 Å². The molecule has 0 saturated heterocycles. The van der Waals surface area contributed by atoms with Gasteiger partial charge in [-0.25, -0.2) is 0 Å². The molecule has 1 heterocycles. The van der Waals surface area contributed by atoms with Crippen LogP contribution in [0.5, 0.6) is 0 Å². The molecule has 0 fully saturated rings. The maximum atomic E-state index is 9.67. The van der Waals surface area contributed by atoms with Crippen LogP contribution in [0.15, 0.2) is 15.6 Å². The zero-order valence-corrected chi connectivity index (χ0v) is 8.23. The first kappa shape index (κ1) is 9.64. The van der Waals surface area contributed by atoms with Crippen molar-refractivity contribution in [3.05, 3.63) is 17.4 Å². The van der Waals surface area contributed by atoms with Crippen molar-refractivity contribution in [2.75, 3.05) is 0 Å². The summed E-state index contributed by atoms with van der Waals surface area (Å²) in [7, 11) is 0. The van der Waals surface area contributed by atoms with Crippen molar-refractivity contribution in [3.8, 4) is 0 Å². The zero-order valence-electron chi connectivity index (χ0n) is 7.42. The smallest absolute Gasteiger partial charge is 0.175 e. The van der Waals surface area contributed by atoms with Crippen molar-refractivity contribution in [1.29, 1.82) is 0 Å². The highest BCUT2D eigenvalue weighted by Gasteiger charge is 2.22. The van der Waals surface area contributed by atoms with Gasteiger partial charge in [0.15, 0.2) is 5.09 Å². The lowest BCUT2D eigenvalue weighted by Gasteiger charge is -2.15. The van der Waals surface area contributed by atoms with Crippen molar-refractivity contribution in [2.45, 2.75) is 31.5 Å². The number of rotatable bonds is 2. The Kier molecular flexibility index (Phi) is 2.51. The average Bonchev–Trinajstić information content (AvgIpc) is 2.29. The summed E-state index contributed by atoms with van der Waals surface area (Å²) in [5.41, 5.74) is -0.0721. The Bertz CT molecular complexity index is 275. The van der Waals surface area contributed by atoms with E-state index in [1.54, 1.807) is 19.9 Å². The highest BCUT2D eigenvalue weighted by Crippen LogP contribution is 2.29. The summed E-state index contributed by atoms with van der Waals surface area (Å²) in [5.74, 6) is 0.718. The SMILES string of the molecule is Cc1oc(SN)cc1C(C)(C)O. The quantitative estimate of drug-likeness (QED) is 0.693. The third-order valence-electron chi connectivity index (χ3n) is 1.67. The number of nitrogens with two attached hydrogens (primary N) is 1. The molecule has 0 atom stereocenters. The van der Waals surface area contributed by atoms with Crippen LogP contribution in [0.4, 0.5) is 0 Å². The number of furan rings is 1. The van der Waals surface area contributed by atoms with E-state index in [0.717, 1.165) is 23.3 Å². The first-order valence-corrected chi connectivity index (χ1v) is 4.53. The molecule has 0 aliphatic carbocycles. The first-order chi connectivity index (χ1) is 5.45. The van der Waals surface area contributed by atoms with E-state index < -0.39 is 5.60 Å². The summed E-state index contributed by atoms with van der Waals surface area (Å²) >= 11 is 1.04. The summed E-state index contributed by atoms with van der Waals surface area (Å²) < 4.78 is 5.27. The molecule has 0 radical (unpaired) electrons. The largest absolute Gasteiger partial charge is 0.453 e. The Morgan fingerprint density at radius 1 is 1.58 bits per heavy atom. The third kappa shape index (κ3) is 1.83. The number of hydrogen-bond acceptors (Lipinski definition) is 4. The molecule has 1 aromatic heterocycles. The van der Waals surface area contributed by atoms with Gasteiger partial charge in [0, 0.05) is 5.56 Å². The van der Waals surface area contributed by atoms with Gasteiger partial charge in [0.05, 0.1) is 5.60 Å². The molecule has 3 nitrogen and oxygen atoms in total. The van der Waals surface area contributed by atoms with Crippen molar-refractivity contribution < 1.29 is 9.52 Å². The molecule has 0 amide bonds. The first-order valence-electron chi connectivity index (χ1n) is 3.65. The van der Waals surface area contributed by atoms with E-state index in [1.165, 1.54) is 0 Å². The minimum atomic E-state index is -0.860. The fourth-order valence-corrected chi connectivity index (χ4v) is 1.48. The third-order valence-corrected chi connectivity index (χ3v) is 2.10. The van der Waals surface area contributed by atoms with Gasteiger partial charge in [-0.2, -0.15) is 0 Å². The molecule has 0 aromatic carbocycles.